The summed E-state index contributed by atoms with van der Waals surface area (Å²) in [7, 11) is 0. The van der Waals surface area contributed by atoms with E-state index >= 15 is 0 Å². The van der Waals surface area contributed by atoms with Gasteiger partial charge in [0.05, 0.1) is 6.10 Å². The van der Waals surface area contributed by atoms with Crippen LogP contribution in [0.4, 0.5) is 0 Å². The fourth-order valence-corrected chi connectivity index (χ4v) is 2.58. The molecule has 0 aromatic heterocycles. The zero-order chi connectivity index (χ0) is 14.9. The van der Waals surface area contributed by atoms with Crippen molar-refractivity contribution in [2.45, 2.75) is 38.3 Å². The van der Waals surface area contributed by atoms with E-state index in [4.69, 9.17) is 5.11 Å². The van der Waals surface area contributed by atoms with Crippen LogP contribution in [0.15, 0.2) is 0 Å². The first-order chi connectivity index (χ1) is 9.40. The number of aliphatic hydroxyl groups is 1. The van der Waals surface area contributed by atoms with E-state index in [9.17, 15) is 19.5 Å². The summed E-state index contributed by atoms with van der Waals surface area (Å²) in [6.07, 6.45) is 0.220. The predicted molar refractivity (Wildman–Crippen MR) is 68.7 cm³/mol. The Labute approximate surface area is 116 Å². The Morgan fingerprint density at radius 2 is 1.95 bits per heavy atom. The SMILES string of the molecule is CC1CC1C(=O)NCCC(=O)N1CC(O)C[C@H]1C(=O)O. The van der Waals surface area contributed by atoms with Crippen molar-refractivity contribution in [3.05, 3.63) is 0 Å². The molecule has 0 bridgehead atoms. The van der Waals surface area contributed by atoms with E-state index in [-0.39, 0.29) is 43.7 Å². The molecule has 7 heteroatoms. The van der Waals surface area contributed by atoms with Gasteiger partial charge in [0, 0.05) is 31.8 Å². The number of hydrogen-bond donors (Lipinski definition) is 3. The summed E-state index contributed by atoms with van der Waals surface area (Å²) in [5.74, 6) is -1.02. The quantitative estimate of drug-likeness (QED) is 0.612. The average molecular weight is 284 g/mol. The molecule has 1 saturated carbocycles. The van der Waals surface area contributed by atoms with Crippen LogP contribution in [0.25, 0.3) is 0 Å². The van der Waals surface area contributed by atoms with Gasteiger partial charge in [-0.2, -0.15) is 0 Å². The molecule has 0 radical (unpaired) electrons. The summed E-state index contributed by atoms with van der Waals surface area (Å²) in [4.78, 5) is 35.7. The first kappa shape index (κ1) is 14.8. The van der Waals surface area contributed by atoms with Gasteiger partial charge in [0.2, 0.25) is 11.8 Å². The number of nitrogens with one attached hydrogen (secondary N) is 1. The second kappa shape index (κ2) is 5.78. The van der Waals surface area contributed by atoms with Crippen molar-refractivity contribution in [1.29, 1.82) is 0 Å². The molecule has 1 aliphatic carbocycles. The smallest absolute Gasteiger partial charge is 0.326 e. The second-order valence-corrected chi connectivity index (χ2v) is 5.65. The van der Waals surface area contributed by atoms with Gasteiger partial charge in [-0.3, -0.25) is 9.59 Å². The number of carbonyl (C=O) groups excluding carboxylic acids is 2. The largest absolute Gasteiger partial charge is 0.480 e. The van der Waals surface area contributed by atoms with Crippen LogP contribution in [-0.4, -0.2) is 58.1 Å². The fourth-order valence-electron chi connectivity index (χ4n) is 2.58. The van der Waals surface area contributed by atoms with Crippen molar-refractivity contribution >= 4 is 17.8 Å². The van der Waals surface area contributed by atoms with Gasteiger partial charge in [0.25, 0.3) is 0 Å². The van der Waals surface area contributed by atoms with E-state index < -0.39 is 18.1 Å². The van der Waals surface area contributed by atoms with Gasteiger partial charge >= 0.3 is 5.97 Å². The molecule has 20 heavy (non-hydrogen) atoms. The van der Waals surface area contributed by atoms with Crippen molar-refractivity contribution in [2.75, 3.05) is 13.1 Å². The van der Waals surface area contributed by atoms with Gasteiger partial charge in [-0.25, -0.2) is 4.79 Å². The number of likely N-dealkylation sites (tertiary alicyclic amines) is 1. The molecule has 7 nitrogen and oxygen atoms in total. The third kappa shape index (κ3) is 3.27. The highest BCUT2D eigenvalue weighted by Gasteiger charge is 2.40. The number of carboxylic acid groups (broad SMARTS) is 1. The van der Waals surface area contributed by atoms with Crippen LogP contribution in [0.3, 0.4) is 0 Å². The number of aliphatic hydroxyl groups excluding tert-OH is 1. The molecule has 2 aliphatic rings. The van der Waals surface area contributed by atoms with E-state index in [1.54, 1.807) is 0 Å². The lowest BCUT2D eigenvalue weighted by Crippen LogP contribution is -2.42. The number of rotatable bonds is 5. The maximum Gasteiger partial charge on any atom is 0.326 e. The van der Waals surface area contributed by atoms with E-state index in [2.05, 4.69) is 5.32 Å². The molecule has 1 saturated heterocycles. The number of nitrogens with zero attached hydrogens (tertiary/aromatic N) is 1. The maximum atomic E-state index is 11.9. The number of aliphatic carboxylic acids is 1. The number of carbonyl (C=O) groups is 3. The van der Waals surface area contributed by atoms with Crippen molar-refractivity contribution in [1.82, 2.24) is 10.2 Å². The van der Waals surface area contributed by atoms with E-state index in [1.165, 1.54) is 4.90 Å². The molecule has 1 heterocycles. The Balaban J connectivity index is 1.76. The lowest BCUT2D eigenvalue weighted by atomic mass is 10.2. The van der Waals surface area contributed by atoms with E-state index in [0.29, 0.717) is 5.92 Å². The molecule has 2 rings (SSSR count). The van der Waals surface area contributed by atoms with E-state index in [0.717, 1.165) is 6.42 Å². The lowest BCUT2D eigenvalue weighted by Gasteiger charge is -2.21. The van der Waals surface area contributed by atoms with Crippen LogP contribution in [0.2, 0.25) is 0 Å². The molecular formula is C13H20N2O5. The van der Waals surface area contributed by atoms with Crippen molar-refractivity contribution in [2.24, 2.45) is 11.8 Å². The van der Waals surface area contributed by atoms with Crippen LogP contribution >= 0.6 is 0 Å². The maximum absolute atomic E-state index is 11.9. The van der Waals surface area contributed by atoms with Gasteiger partial charge in [-0.1, -0.05) is 6.92 Å². The number of hydrogen-bond acceptors (Lipinski definition) is 4. The first-order valence-corrected chi connectivity index (χ1v) is 6.88. The van der Waals surface area contributed by atoms with Crippen LogP contribution in [0, 0.1) is 11.8 Å². The highest BCUT2D eigenvalue weighted by atomic mass is 16.4. The molecule has 0 aromatic rings. The Morgan fingerprint density at radius 1 is 1.30 bits per heavy atom. The number of β-amino-alcohol motifs (C(OH)–C–C–N with tert-alkyl or cyclic N) is 1. The number of amides is 2. The summed E-state index contributed by atoms with van der Waals surface area (Å²) in [6.45, 7) is 2.25. The van der Waals surface area contributed by atoms with Gasteiger partial charge in [-0.15, -0.1) is 0 Å². The highest BCUT2D eigenvalue weighted by Crippen LogP contribution is 2.37. The predicted octanol–water partition coefficient (Wildman–Crippen LogP) is -0.805. The van der Waals surface area contributed by atoms with Gasteiger partial charge < -0.3 is 20.4 Å². The number of carboxylic acids is 1. The monoisotopic (exact) mass is 284 g/mol. The zero-order valence-electron chi connectivity index (χ0n) is 11.4. The minimum Gasteiger partial charge on any atom is -0.480 e. The van der Waals surface area contributed by atoms with Gasteiger partial charge in [-0.05, 0) is 12.3 Å². The normalized spacial score (nSPS) is 32.0. The molecule has 0 aromatic carbocycles. The minimum atomic E-state index is -1.11. The molecule has 2 amide bonds. The van der Waals surface area contributed by atoms with Gasteiger partial charge in [0.15, 0.2) is 0 Å². The van der Waals surface area contributed by atoms with Crippen LogP contribution < -0.4 is 5.32 Å². The summed E-state index contributed by atoms with van der Waals surface area (Å²) >= 11 is 0. The molecule has 112 valence electrons. The molecule has 4 atom stereocenters. The molecular weight excluding hydrogens is 264 g/mol. The standard InChI is InChI=1S/C13H20N2O5/c1-7-4-9(7)12(18)14-3-2-11(17)15-6-8(16)5-10(15)13(19)20/h7-10,16H,2-6H2,1H3,(H,14,18)(H,19,20)/t7?,8?,9?,10-/m0/s1. The lowest BCUT2D eigenvalue weighted by molar-refractivity contribution is -0.148. The molecule has 3 N–H and O–H groups in total. The third-order valence-corrected chi connectivity index (χ3v) is 3.97. The van der Waals surface area contributed by atoms with Crippen molar-refractivity contribution < 1.29 is 24.6 Å². The minimum absolute atomic E-state index is 0.0402. The Hall–Kier alpha value is -1.63. The first-order valence-electron chi connectivity index (χ1n) is 6.88. The van der Waals surface area contributed by atoms with Crippen molar-refractivity contribution in [3.63, 3.8) is 0 Å². The summed E-state index contributed by atoms with van der Waals surface area (Å²) in [5, 5.41) is 21.2. The Kier molecular flexibility index (Phi) is 4.27. The highest BCUT2D eigenvalue weighted by molar-refractivity contribution is 5.85. The average Bonchev–Trinajstić information content (AvgIpc) is 2.96. The Morgan fingerprint density at radius 3 is 2.50 bits per heavy atom. The second-order valence-electron chi connectivity index (χ2n) is 5.65. The molecule has 2 fully saturated rings. The topological polar surface area (TPSA) is 107 Å². The van der Waals surface area contributed by atoms with Crippen LogP contribution in [-0.2, 0) is 14.4 Å². The molecule has 0 spiro atoms. The Bertz CT molecular complexity index is 425. The summed E-state index contributed by atoms with van der Waals surface area (Å²) < 4.78 is 0. The third-order valence-electron chi connectivity index (χ3n) is 3.97. The van der Waals surface area contributed by atoms with Crippen molar-refractivity contribution in [3.8, 4) is 0 Å². The fraction of sp³-hybridized carbons (Fsp3) is 0.769. The van der Waals surface area contributed by atoms with Crippen LogP contribution in [0.5, 0.6) is 0 Å². The van der Waals surface area contributed by atoms with E-state index in [1.807, 2.05) is 6.92 Å². The summed E-state index contributed by atoms with van der Waals surface area (Å²) in [6, 6.07) is -0.961. The van der Waals surface area contributed by atoms with Crippen LogP contribution in [0.1, 0.15) is 26.2 Å². The summed E-state index contributed by atoms with van der Waals surface area (Å²) in [5.41, 5.74) is 0. The molecule has 1 aliphatic heterocycles. The zero-order valence-corrected chi connectivity index (χ0v) is 11.4. The van der Waals surface area contributed by atoms with Gasteiger partial charge in [0.1, 0.15) is 6.04 Å². The molecule has 3 unspecified atom stereocenters.